The molecule has 0 saturated carbocycles. The number of carbonyl (C=O) groups excluding carboxylic acids is 1. The van der Waals surface area contributed by atoms with Gasteiger partial charge in [-0.05, 0) is 11.6 Å². The zero-order valence-corrected chi connectivity index (χ0v) is 6.59. The van der Waals surface area contributed by atoms with Crippen LogP contribution in [0.3, 0.4) is 0 Å². The van der Waals surface area contributed by atoms with Gasteiger partial charge >= 0.3 is 11.3 Å². The molecule has 64 valence electrons. The average molecular weight is 182 g/mol. The van der Waals surface area contributed by atoms with Gasteiger partial charge in [-0.25, -0.2) is 4.79 Å². The van der Waals surface area contributed by atoms with Gasteiger partial charge in [0.2, 0.25) is 0 Å². The van der Waals surface area contributed by atoms with Crippen molar-refractivity contribution in [2.75, 3.05) is 13.7 Å². The van der Waals surface area contributed by atoms with Gasteiger partial charge < -0.3 is 15.2 Å². The molecule has 0 unspecified atom stereocenters. The van der Waals surface area contributed by atoms with Crippen LogP contribution in [0.15, 0.2) is 0 Å². The Balaban J connectivity index is 3.89. The third-order valence-electron chi connectivity index (χ3n) is 0.919. The molecule has 0 rings (SSSR count). The van der Waals surface area contributed by atoms with Crippen molar-refractivity contribution < 1.29 is 19.4 Å². The maximum Gasteiger partial charge on any atom is 0.328 e. The molecule has 5 nitrogen and oxygen atoms in total. The Morgan fingerprint density at radius 3 is 2.55 bits per heavy atom. The molecule has 11 heavy (non-hydrogen) atoms. The van der Waals surface area contributed by atoms with Crippen molar-refractivity contribution in [3.8, 4) is 0 Å². The highest BCUT2D eigenvalue weighted by Crippen LogP contribution is 1.88. The Morgan fingerprint density at radius 2 is 2.27 bits per heavy atom. The monoisotopic (exact) mass is 181 g/mol. The molecule has 0 saturated heterocycles. The predicted octanol–water partition coefficient (Wildman–Crippen LogP) is 0.0344. The fraction of sp³-hybridized carbons (Fsp3) is 0.600. The van der Waals surface area contributed by atoms with Crippen LogP contribution in [0.5, 0.6) is 0 Å². The van der Waals surface area contributed by atoms with E-state index in [1.165, 1.54) is 7.11 Å². The lowest BCUT2D eigenvalue weighted by atomic mass is 10.3. The lowest BCUT2D eigenvalue weighted by molar-refractivity contribution is -0.140. The van der Waals surface area contributed by atoms with E-state index in [1.807, 2.05) is 5.32 Å². The molecule has 1 atom stereocenters. The van der Waals surface area contributed by atoms with Crippen molar-refractivity contribution in [3.63, 3.8) is 0 Å². The Labute approximate surface area is 68.3 Å². The molecule has 0 bridgehead atoms. The van der Waals surface area contributed by atoms with Crippen LogP contribution in [0.1, 0.15) is 0 Å². The number of hydrogen-bond donors (Lipinski definition) is 2. The summed E-state index contributed by atoms with van der Waals surface area (Å²) >= 11 is 4.88. The molecule has 0 heterocycles. The number of carbonyl (C=O) groups is 2. The Morgan fingerprint density at radius 1 is 1.73 bits per heavy atom. The van der Waals surface area contributed by atoms with Crippen molar-refractivity contribution in [1.29, 1.82) is 0 Å². The molecule has 0 spiro atoms. The normalized spacial score (nSPS) is 12.2. The predicted molar refractivity (Wildman–Crippen MR) is 37.7 cm³/mol. The van der Waals surface area contributed by atoms with E-state index in [0.29, 0.717) is 0 Å². The summed E-state index contributed by atoms with van der Waals surface area (Å²) in [5, 5.41) is 9.47. The van der Waals surface area contributed by atoms with Gasteiger partial charge in [0, 0.05) is 7.11 Å². The first-order chi connectivity index (χ1) is 5.07. The first-order valence-electron chi connectivity index (χ1n) is 2.75. The number of amides is 1. The molecule has 0 fully saturated rings. The summed E-state index contributed by atoms with van der Waals surface area (Å²) in [5.41, 5.74) is 0. The fourth-order valence-corrected chi connectivity index (χ4v) is 0.610. The number of hydrogen-bond acceptors (Lipinski definition) is 3. The minimum absolute atomic E-state index is 0.103. The van der Waals surface area contributed by atoms with Crippen molar-refractivity contribution in [2.24, 2.45) is 0 Å². The largest absolute Gasteiger partial charge is 0.480 e. The zero-order valence-electron chi connectivity index (χ0n) is 5.83. The molecule has 0 aliphatic rings. The third kappa shape index (κ3) is 4.58. The fourth-order valence-electron chi connectivity index (χ4n) is 0.478. The van der Waals surface area contributed by atoms with Gasteiger partial charge in [-0.15, -0.1) is 0 Å². The van der Waals surface area contributed by atoms with Gasteiger partial charge in [0.15, 0.2) is 6.04 Å². The summed E-state index contributed by atoms with van der Waals surface area (Å²) in [4.78, 5) is 20.4. The highest BCUT2D eigenvalue weighted by molar-refractivity contribution is 6.63. The zero-order chi connectivity index (χ0) is 8.85. The molecule has 0 radical (unpaired) electrons. The lowest BCUT2D eigenvalue weighted by Crippen LogP contribution is -2.41. The van der Waals surface area contributed by atoms with E-state index in [9.17, 15) is 9.59 Å². The quantitative estimate of drug-likeness (QED) is 0.474. The summed E-state index contributed by atoms with van der Waals surface area (Å²) in [7, 11) is 1.33. The summed E-state index contributed by atoms with van der Waals surface area (Å²) in [6, 6.07) is -1.08. The van der Waals surface area contributed by atoms with Gasteiger partial charge in [0.1, 0.15) is 0 Å². The molecule has 6 heteroatoms. The Hall–Kier alpha value is -0.810. The van der Waals surface area contributed by atoms with E-state index in [4.69, 9.17) is 16.7 Å². The number of carboxylic acids is 1. The molecule has 0 aliphatic carbocycles. The number of rotatable bonds is 4. The van der Waals surface area contributed by atoms with Crippen LogP contribution >= 0.6 is 11.6 Å². The topological polar surface area (TPSA) is 75.6 Å². The molecule has 0 aromatic carbocycles. The summed E-state index contributed by atoms with van der Waals surface area (Å²) < 4.78 is 4.51. The van der Waals surface area contributed by atoms with Crippen molar-refractivity contribution in [3.05, 3.63) is 0 Å². The highest BCUT2D eigenvalue weighted by Gasteiger charge is 2.17. The van der Waals surface area contributed by atoms with Crippen molar-refractivity contribution >= 4 is 22.9 Å². The smallest absolute Gasteiger partial charge is 0.328 e. The molecule has 0 aromatic heterocycles. The Kier molecular flexibility index (Phi) is 4.56. The van der Waals surface area contributed by atoms with Crippen molar-refractivity contribution in [1.82, 2.24) is 5.32 Å². The number of halogens is 1. The van der Waals surface area contributed by atoms with Gasteiger partial charge in [0.05, 0.1) is 6.61 Å². The number of nitrogens with one attached hydrogen (secondary N) is 1. The van der Waals surface area contributed by atoms with Crippen LogP contribution in [-0.4, -0.2) is 36.2 Å². The van der Waals surface area contributed by atoms with E-state index in [2.05, 4.69) is 4.74 Å². The molecular weight excluding hydrogens is 174 g/mol. The lowest BCUT2D eigenvalue weighted by Gasteiger charge is -2.09. The van der Waals surface area contributed by atoms with Crippen LogP contribution < -0.4 is 5.32 Å². The van der Waals surface area contributed by atoms with Gasteiger partial charge in [0.25, 0.3) is 0 Å². The van der Waals surface area contributed by atoms with E-state index >= 15 is 0 Å². The molecule has 0 aromatic rings. The van der Waals surface area contributed by atoms with E-state index in [-0.39, 0.29) is 6.61 Å². The first kappa shape index (κ1) is 10.2. The maximum absolute atomic E-state index is 10.3. The average Bonchev–Trinajstić information content (AvgIpc) is 1.86. The summed E-state index contributed by atoms with van der Waals surface area (Å²) in [6.45, 7) is -0.103. The van der Waals surface area contributed by atoms with Crippen LogP contribution in [-0.2, 0) is 9.53 Å². The minimum Gasteiger partial charge on any atom is -0.480 e. The Bertz CT molecular complexity index is 161. The van der Waals surface area contributed by atoms with E-state index < -0.39 is 17.4 Å². The van der Waals surface area contributed by atoms with Crippen molar-refractivity contribution in [2.45, 2.75) is 6.04 Å². The van der Waals surface area contributed by atoms with Gasteiger partial charge in [-0.1, -0.05) is 0 Å². The number of carboxylic acid groups (broad SMARTS) is 1. The van der Waals surface area contributed by atoms with Crippen LogP contribution in [0.4, 0.5) is 4.79 Å². The second kappa shape index (κ2) is 4.92. The number of aliphatic carboxylic acids is 1. The molecule has 0 aliphatic heterocycles. The molecular formula is C5H8ClNO4. The second-order valence-electron chi connectivity index (χ2n) is 1.76. The van der Waals surface area contributed by atoms with Gasteiger partial charge in [-0.2, -0.15) is 0 Å². The summed E-state index contributed by atoms with van der Waals surface area (Å²) in [6.07, 6.45) is 0. The van der Waals surface area contributed by atoms with Crippen LogP contribution in [0.2, 0.25) is 0 Å². The first-order valence-corrected chi connectivity index (χ1v) is 3.13. The van der Waals surface area contributed by atoms with E-state index in [1.54, 1.807) is 0 Å². The number of methoxy groups -OCH3 is 1. The number of ether oxygens (including phenoxy) is 1. The molecule has 2 N–H and O–H groups in total. The minimum atomic E-state index is -1.18. The van der Waals surface area contributed by atoms with Gasteiger partial charge in [-0.3, -0.25) is 4.79 Å². The SMILES string of the molecule is COC[C@@H](NC(=O)Cl)C(=O)O. The van der Waals surface area contributed by atoms with Crippen LogP contribution in [0, 0.1) is 0 Å². The molecule has 1 amide bonds. The van der Waals surface area contributed by atoms with Crippen LogP contribution in [0.25, 0.3) is 0 Å². The maximum atomic E-state index is 10.3. The third-order valence-corrected chi connectivity index (χ3v) is 1.03. The van der Waals surface area contributed by atoms with E-state index in [0.717, 1.165) is 0 Å². The highest BCUT2D eigenvalue weighted by atomic mass is 35.5. The standard InChI is InChI=1S/C5H8ClNO4/c1-11-2-3(4(8)9)7-5(6)10/h3H,2H2,1H3,(H,7,10)(H,8,9)/t3-/m1/s1. The summed E-state index contributed by atoms with van der Waals surface area (Å²) in [5.74, 6) is -1.18. The second-order valence-corrected chi connectivity index (χ2v) is 2.11.